The van der Waals surface area contributed by atoms with Gasteiger partial charge in [0, 0.05) is 24.5 Å². The molecule has 1 aromatic carbocycles. The highest BCUT2D eigenvalue weighted by molar-refractivity contribution is 7.71. The second kappa shape index (κ2) is 7.94. The summed E-state index contributed by atoms with van der Waals surface area (Å²) in [5.74, 6) is 0.441. The van der Waals surface area contributed by atoms with Crippen molar-refractivity contribution in [2.24, 2.45) is 0 Å². The number of allylic oxidation sites excluding steroid dienone is 1. The van der Waals surface area contributed by atoms with Crippen LogP contribution in [0.3, 0.4) is 0 Å². The van der Waals surface area contributed by atoms with Crippen LogP contribution < -0.4 is 5.32 Å². The smallest absolute Gasteiger partial charge is 0.257 e. The Labute approximate surface area is 175 Å². The number of amides is 1. The zero-order valence-corrected chi connectivity index (χ0v) is 17.1. The van der Waals surface area contributed by atoms with E-state index >= 15 is 0 Å². The van der Waals surface area contributed by atoms with E-state index < -0.39 is 0 Å². The number of benzene rings is 1. The van der Waals surface area contributed by atoms with Gasteiger partial charge in [-0.15, -0.1) is 6.58 Å². The van der Waals surface area contributed by atoms with Crippen LogP contribution in [0.25, 0.3) is 16.4 Å². The summed E-state index contributed by atoms with van der Waals surface area (Å²) in [7, 11) is 0. The highest BCUT2D eigenvalue weighted by Crippen LogP contribution is 2.32. The number of anilines is 1. The Morgan fingerprint density at radius 1 is 1.38 bits per heavy atom. The van der Waals surface area contributed by atoms with Gasteiger partial charge in [-0.1, -0.05) is 17.4 Å². The van der Waals surface area contributed by atoms with E-state index in [0.717, 1.165) is 16.3 Å². The van der Waals surface area contributed by atoms with Crippen molar-refractivity contribution in [3.05, 3.63) is 71.4 Å². The number of aromatic amines is 1. The Morgan fingerprint density at radius 2 is 2.17 bits per heavy atom. The highest BCUT2D eigenvalue weighted by Gasteiger charge is 2.17. The number of aryl methyl sites for hydroxylation is 1. The van der Waals surface area contributed by atoms with Crippen LogP contribution in [0.15, 0.2) is 55.4 Å². The van der Waals surface area contributed by atoms with Gasteiger partial charge in [0.15, 0.2) is 15.7 Å². The number of nitrogens with one attached hydrogen (secondary N) is 2. The summed E-state index contributed by atoms with van der Waals surface area (Å²) in [5.41, 5.74) is 2.17. The number of nitrogens with zero attached hydrogens (tertiary/aromatic N) is 5. The second-order valence-corrected chi connectivity index (χ2v) is 7.52. The lowest BCUT2D eigenvalue weighted by Crippen LogP contribution is -2.11. The lowest BCUT2D eigenvalue weighted by Gasteiger charge is -2.04. The van der Waals surface area contributed by atoms with Crippen molar-refractivity contribution in [1.29, 1.82) is 0 Å². The molecule has 3 heterocycles. The van der Waals surface area contributed by atoms with Gasteiger partial charge in [0.05, 0.1) is 16.3 Å². The first-order valence-corrected chi connectivity index (χ1v) is 9.94. The normalized spacial score (nSPS) is 10.8. The molecule has 0 radical (unpaired) electrons. The first-order chi connectivity index (χ1) is 14.1. The Bertz CT molecular complexity index is 1220. The lowest BCUT2D eigenvalue weighted by atomic mass is 10.2. The third-order valence-electron chi connectivity index (χ3n) is 4.19. The summed E-state index contributed by atoms with van der Waals surface area (Å²) in [5, 5.41) is 14.6. The average molecular weight is 424 g/mol. The van der Waals surface area contributed by atoms with Crippen molar-refractivity contribution in [1.82, 2.24) is 29.5 Å². The van der Waals surface area contributed by atoms with E-state index in [1.165, 1.54) is 11.3 Å². The van der Waals surface area contributed by atoms with Crippen LogP contribution in [0.5, 0.6) is 0 Å². The fraction of sp³-hybridized carbons (Fsp3) is 0.105. The molecule has 146 valence electrons. The van der Waals surface area contributed by atoms with E-state index in [1.54, 1.807) is 29.1 Å². The van der Waals surface area contributed by atoms with Gasteiger partial charge in [-0.3, -0.25) is 19.8 Å². The zero-order valence-electron chi connectivity index (χ0n) is 15.5. The molecule has 0 bridgehead atoms. The number of carbonyl (C=O) groups is 1. The largest absolute Gasteiger partial charge is 0.298 e. The Balaban J connectivity index is 1.55. The number of carbonyl (C=O) groups excluding carboxylic acids is 1. The molecule has 4 aromatic rings. The van der Waals surface area contributed by atoms with Gasteiger partial charge in [0.1, 0.15) is 0 Å². The molecule has 0 saturated heterocycles. The molecule has 0 saturated carbocycles. The maximum Gasteiger partial charge on any atom is 0.257 e. The fourth-order valence-corrected chi connectivity index (χ4v) is 3.97. The van der Waals surface area contributed by atoms with Crippen molar-refractivity contribution >= 4 is 34.6 Å². The van der Waals surface area contributed by atoms with Gasteiger partial charge in [0.2, 0.25) is 0 Å². The molecule has 0 fully saturated rings. The molecule has 2 N–H and O–H groups in total. The van der Waals surface area contributed by atoms with Gasteiger partial charge >= 0.3 is 0 Å². The quantitative estimate of drug-likeness (QED) is 0.361. The Morgan fingerprint density at radius 3 is 2.86 bits per heavy atom. The molecule has 4 rings (SSSR count). The van der Waals surface area contributed by atoms with Crippen LogP contribution in [0.2, 0.25) is 0 Å². The molecule has 0 aliphatic carbocycles. The SMILES string of the molecule is C=CCn1c(-c2sc(NC(=O)c3ccc(-n4cccn4)cc3)nc2C)n[nH]c1=S. The monoisotopic (exact) mass is 423 g/mol. The molecule has 0 aliphatic rings. The predicted octanol–water partition coefficient (Wildman–Crippen LogP) is 4.00. The molecule has 0 atom stereocenters. The van der Waals surface area contributed by atoms with E-state index in [0.29, 0.717) is 27.8 Å². The summed E-state index contributed by atoms with van der Waals surface area (Å²) >= 11 is 6.62. The molecule has 8 nitrogen and oxygen atoms in total. The van der Waals surface area contributed by atoms with Gasteiger partial charge in [0.25, 0.3) is 5.91 Å². The molecule has 3 aromatic heterocycles. The summed E-state index contributed by atoms with van der Waals surface area (Å²) in [4.78, 5) is 17.9. The van der Waals surface area contributed by atoms with Crippen LogP contribution >= 0.6 is 23.6 Å². The summed E-state index contributed by atoms with van der Waals surface area (Å²) < 4.78 is 4.08. The van der Waals surface area contributed by atoms with Crippen molar-refractivity contribution in [2.75, 3.05) is 5.32 Å². The van der Waals surface area contributed by atoms with Crippen molar-refractivity contribution in [2.45, 2.75) is 13.5 Å². The van der Waals surface area contributed by atoms with E-state index in [9.17, 15) is 4.79 Å². The number of hydrogen-bond donors (Lipinski definition) is 2. The Hall–Kier alpha value is -3.37. The lowest BCUT2D eigenvalue weighted by molar-refractivity contribution is 0.102. The maximum absolute atomic E-state index is 12.6. The minimum atomic E-state index is -0.234. The third-order valence-corrected chi connectivity index (χ3v) is 5.57. The van der Waals surface area contributed by atoms with Crippen molar-refractivity contribution in [3.8, 4) is 16.4 Å². The minimum absolute atomic E-state index is 0.234. The molecule has 1 amide bonds. The predicted molar refractivity (Wildman–Crippen MR) is 115 cm³/mol. The fourth-order valence-electron chi connectivity index (χ4n) is 2.80. The average Bonchev–Trinajstić information content (AvgIpc) is 3.44. The number of H-pyrrole nitrogens is 1. The number of rotatable bonds is 6. The van der Waals surface area contributed by atoms with Crippen LogP contribution in [-0.4, -0.2) is 35.4 Å². The summed E-state index contributed by atoms with van der Waals surface area (Å²) in [6.07, 6.45) is 5.30. The van der Waals surface area contributed by atoms with Gasteiger partial charge in [-0.2, -0.15) is 10.2 Å². The van der Waals surface area contributed by atoms with E-state index in [-0.39, 0.29) is 5.91 Å². The van der Waals surface area contributed by atoms with Crippen molar-refractivity contribution in [3.63, 3.8) is 0 Å². The molecular weight excluding hydrogens is 406 g/mol. The second-order valence-electron chi connectivity index (χ2n) is 6.14. The molecule has 0 unspecified atom stereocenters. The van der Waals surface area contributed by atoms with Crippen LogP contribution in [0, 0.1) is 11.7 Å². The molecule has 0 spiro atoms. The molecule has 29 heavy (non-hydrogen) atoms. The van der Waals surface area contributed by atoms with E-state index in [1.807, 2.05) is 35.9 Å². The number of aromatic nitrogens is 6. The van der Waals surface area contributed by atoms with E-state index in [2.05, 4.69) is 32.2 Å². The van der Waals surface area contributed by atoms with Crippen LogP contribution in [0.1, 0.15) is 16.1 Å². The zero-order chi connectivity index (χ0) is 20.4. The van der Waals surface area contributed by atoms with Gasteiger partial charge < -0.3 is 0 Å². The first kappa shape index (κ1) is 19.0. The maximum atomic E-state index is 12.6. The van der Waals surface area contributed by atoms with Gasteiger partial charge in [-0.25, -0.2) is 9.67 Å². The topological polar surface area (TPSA) is 93.4 Å². The molecule has 0 aliphatic heterocycles. The number of hydrogen-bond acceptors (Lipinski definition) is 6. The van der Waals surface area contributed by atoms with Gasteiger partial charge in [-0.05, 0) is 49.5 Å². The Kier molecular flexibility index (Phi) is 5.19. The first-order valence-electron chi connectivity index (χ1n) is 8.72. The minimum Gasteiger partial charge on any atom is -0.298 e. The van der Waals surface area contributed by atoms with Crippen LogP contribution in [0.4, 0.5) is 5.13 Å². The molecule has 10 heteroatoms. The third kappa shape index (κ3) is 3.80. The van der Waals surface area contributed by atoms with Crippen molar-refractivity contribution < 1.29 is 4.79 Å². The molecular formula is C19H17N7OS2. The summed E-state index contributed by atoms with van der Waals surface area (Å²) in [6, 6.07) is 9.03. The van der Waals surface area contributed by atoms with Crippen LogP contribution in [-0.2, 0) is 6.54 Å². The highest BCUT2D eigenvalue weighted by atomic mass is 32.1. The van der Waals surface area contributed by atoms with E-state index in [4.69, 9.17) is 12.2 Å². The standard InChI is InChI=1S/C19H17N7OS2/c1-3-10-25-16(23-24-19(25)28)15-12(2)21-18(29-15)22-17(27)13-5-7-14(8-6-13)26-11-4-9-20-26/h3-9,11H,1,10H2,2H3,(H,24,28)(H,21,22,27). The summed E-state index contributed by atoms with van der Waals surface area (Å²) in [6.45, 7) is 6.16. The number of thiazole rings is 1.